The largest absolute Gasteiger partial charge is 0.291 e. The molecule has 0 atom stereocenters. The average molecular weight is 248 g/mol. The minimum absolute atomic E-state index is 0.500. The molecule has 92 valence electrons. The van der Waals surface area contributed by atoms with Crippen LogP contribution in [0.5, 0.6) is 0 Å². The van der Waals surface area contributed by atoms with Crippen LogP contribution in [0.2, 0.25) is 0 Å². The van der Waals surface area contributed by atoms with Gasteiger partial charge in [-0.1, -0.05) is 0 Å². The van der Waals surface area contributed by atoms with Gasteiger partial charge in [0.2, 0.25) is 0 Å². The lowest BCUT2D eigenvalue weighted by atomic mass is 9.95. The van der Waals surface area contributed by atoms with Gasteiger partial charge in [0.25, 0.3) is 0 Å². The molecule has 0 aromatic carbocycles. The molecule has 0 saturated carbocycles. The van der Waals surface area contributed by atoms with Crippen LogP contribution >= 0.6 is 0 Å². The Hall–Kier alpha value is -2.59. The highest BCUT2D eigenvalue weighted by Crippen LogP contribution is 2.24. The van der Waals surface area contributed by atoms with E-state index in [-0.39, 0.29) is 0 Å². The monoisotopic (exact) mass is 248 g/mol. The molecule has 2 heterocycles. The van der Waals surface area contributed by atoms with Crippen molar-refractivity contribution in [3.05, 3.63) is 46.9 Å². The molecule has 19 heavy (non-hydrogen) atoms. The maximum Gasteiger partial charge on any atom is 0.155 e. The van der Waals surface area contributed by atoms with E-state index in [1.54, 1.807) is 22.9 Å². The van der Waals surface area contributed by atoms with Crippen molar-refractivity contribution in [1.82, 2.24) is 9.55 Å². The molecule has 0 spiro atoms. The number of nitrogens with zero attached hydrogens (tertiary/aromatic N) is 4. The van der Waals surface area contributed by atoms with E-state index >= 15 is 0 Å². The highest BCUT2D eigenvalue weighted by molar-refractivity contribution is 5.50. The van der Waals surface area contributed by atoms with E-state index in [9.17, 15) is 5.26 Å². The molecule has 0 bridgehead atoms. The minimum atomic E-state index is 0.500. The summed E-state index contributed by atoms with van der Waals surface area (Å²) in [6.07, 6.45) is 6.02. The van der Waals surface area contributed by atoms with Crippen LogP contribution in [0.3, 0.4) is 0 Å². The Morgan fingerprint density at radius 3 is 2.79 bits per heavy atom. The maximum absolute atomic E-state index is 9.30. The molecule has 2 aromatic heterocycles. The Morgan fingerprint density at radius 1 is 1.16 bits per heavy atom. The second-order valence-electron chi connectivity index (χ2n) is 4.66. The number of hydrogen-bond donors (Lipinski definition) is 0. The van der Waals surface area contributed by atoms with Crippen molar-refractivity contribution in [2.75, 3.05) is 0 Å². The molecular weight excluding hydrogens is 236 g/mol. The van der Waals surface area contributed by atoms with Gasteiger partial charge in [-0.3, -0.25) is 4.57 Å². The number of fused-ring (bicyclic) bond motifs is 1. The highest BCUT2D eigenvalue weighted by atomic mass is 15.1. The van der Waals surface area contributed by atoms with Gasteiger partial charge >= 0.3 is 0 Å². The first kappa shape index (κ1) is 11.5. The van der Waals surface area contributed by atoms with Crippen LogP contribution in [0.4, 0.5) is 0 Å². The smallest absolute Gasteiger partial charge is 0.155 e. The SMILES string of the molecule is N#Cc1cc2c(nc1-n1cccc1C#N)CCCC2. The van der Waals surface area contributed by atoms with Crippen LogP contribution in [0, 0.1) is 22.7 Å². The molecule has 3 rings (SSSR count). The van der Waals surface area contributed by atoms with Crippen LogP contribution < -0.4 is 0 Å². The van der Waals surface area contributed by atoms with Gasteiger partial charge < -0.3 is 0 Å². The molecule has 0 amide bonds. The van der Waals surface area contributed by atoms with E-state index < -0.39 is 0 Å². The fraction of sp³-hybridized carbons (Fsp3) is 0.267. The summed E-state index contributed by atoms with van der Waals surface area (Å²) in [7, 11) is 0. The fourth-order valence-electron chi connectivity index (χ4n) is 2.55. The Morgan fingerprint density at radius 2 is 2.00 bits per heavy atom. The summed E-state index contributed by atoms with van der Waals surface area (Å²) in [5.74, 6) is 0.574. The minimum Gasteiger partial charge on any atom is -0.291 e. The van der Waals surface area contributed by atoms with Gasteiger partial charge in [0.05, 0.1) is 5.56 Å². The number of pyridine rings is 1. The third kappa shape index (κ3) is 1.88. The molecule has 0 N–H and O–H groups in total. The first-order valence-electron chi connectivity index (χ1n) is 6.34. The Bertz CT molecular complexity index is 713. The zero-order valence-corrected chi connectivity index (χ0v) is 10.4. The first-order chi connectivity index (χ1) is 9.33. The molecule has 1 aliphatic rings. The number of aromatic nitrogens is 2. The molecule has 4 nitrogen and oxygen atoms in total. The topological polar surface area (TPSA) is 65.4 Å². The second kappa shape index (κ2) is 4.59. The average Bonchev–Trinajstić information content (AvgIpc) is 2.94. The summed E-state index contributed by atoms with van der Waals surface area (Å²) in [5, 5.41) is 18.4. The van der Waals surface area contributed by atoms with Crippen LogP contribution in [0.15, 0.2) is 24.4 Å². The highest BCUT2D eigenvalue weighted by Gasteiger charge is 2.17. The first-order valence-corrected chi connectivity index (χ1v) is 6.34. The zero-order chi connectivity index (χ0) is 13.2. The van der Waals surface area contributed by atoms with E-state index in [1.807, 2.05) is 6.07 Å². The summed E-state index contributed by atoms with van der Waals surface area (Å²) >= 11 is 0. The van der Waals surface area contributed by atoms with Crippen LogP contribution in [-0.4, -0.2) is 9.55 Å². The van der Waals surface area contributed by atoms with Gasteiger partial charge in [-0.05, 0) is 49.4 Å². The van der Waals surface area contributed by atoms with Crippen LogP contribution in [-0.2, 0) is 12.8 Å². The molecule has 0 aliphatic heterocycles. The number of rotatable bonds is 1. The number of nitriles is 2. The van der Waals surface area contributed by atoms with Crippen molar-refractivity contribution in [2.45, 2.75) is 25.7 Å². The van der Waals surface area contributed by atoms with E-state index in [4.69, 9.17) is 5.26 Å². The molecule has 0 saturated heterocycles. The van der Waals surface area contributed by atoms with E-state index in [0.29, 0.717) is 17.1 Å². The molecule has 0 fully saturated rings. The summed E-state index contributed by atoms with van der Waals surface area (Å²) in [4.78, 5) is 4.62. The Kier molecular flexibility index (Phi) is 2.78. The zero-order valence-electron chi connectivity index (χ0n) is 10.4. The quantitative estimate of drug-likeness (QED) is 0.778. The lowest BCUT2D eigenvalue weighted by Crippen LogP contribution is -2.11. The summed E-state index contributed by atoms with van der Waals surface area (Å²) < 4.78 is 1.69. The van der Waals surface area contributed by atoms with Gasteiger partial charge in [0.1, 0.15) is 17.8 Å². The third-order valence-corrected chi connectivity index (χ3v) is 3.49. The third-order valence-electron chi connectivity index (χ3n) is 3.49. The van der Waals surface area contributed by atoms with Gasteiger partial charge in [-0.2, -0.15) is 10.5 Å². The molecule has 0 radical (unpaired) electrons. The summed E-state index contributed by atoms with van der Waals surface area (Å²) in [6.45, 7) is 0. The molecule has 1 aliphatic carbocycles. The molecule has 2 aromatic rings. The van der Waals surface area contributed by atoms with Gasteiger partial charge in [0.15, 0.2) is 5.82 Å². The molecule has 4 heteroatoms. The van der Waals surface area contributed by atoms with Crippen molar-refractivity contribution in [3.63, 3.8) is 0 Å². The Labute approximate surface area is 111 Å². The Balaban J connectivity index is 2.21. The van der Waals surface area contributed by atoms with E-state index in [2.05, 4.69) is 17.1 Å². The lowest BCUT2D eigenvalue weighted by molar-refractivity contribution is 0.664. The maximum atomic E-state index is 9.30. The van der Waals surface area contributed by atoms with Crippen molar-refractivity contribution in [3.8, 4) is 18.0 Å². The van der Waals surface area contributed by atoms with Gasteiger partial charge in [0, 0.05) is 11.9 Å². The summed E-state index contributed by atoms with van der Waals surface area (Å²) in [5.41, 5.74) is 3.28. The van der Waals surface area contributed by atoms with Gasteiger partial charge in [-0.25, -0.2) is 4.98 Å². The van der Waals surface area contributed by atoms with E-state index in [0.717, 1.165) is 31.4 Å². The van der Waals surface area contributed by atoms with Crippen LogP contribution in [0.1, 0.15) is 35.4 Å². The lowest BCUT2D eigenvalue weighted by Gasteiger charge is -2.17. The predicted molar refractivity (Wildman–Crippen MR) is 69.6 cm³/mol. The van der Waals surface area contributed by atoms with Crippen LogP contribution in [0.25, 0.3) is 5.82 Å². The molecule has 0 unspecified atom stereocenters. The number of aryl methyl sites for hydroxylation is 2. The van der Waals surface area contributed by atoms with Gasteiger partial charge in [-0.15, -0.1) is 0 Å². The molecular formula is C15H12N4. The van der Waals surface area contributed by atoms with E-state index in [1.165, 1.54) is 5.56 Å². The predicted octanol–water partition coefficient (Wildman–Crippen LogP) is 2.49. The number of hydrogen-bond acceptors (Lipinski definition) is 3. The standard InChI is InChI=1S/C15H12N4/c16-9-12-8-11-4-1-2-6-14(11)18-15(12)19-7-3-5-13(19)10-17/h3,5,7-8H,1-2,4,6H2. The van der Waals surface area contributed by atoms with Crippen molar-refractivity contribution >= 4 is 0 Å². The van der Waals surface area contributed by atoms with Crippen molar-refractivity contribution in [1.29, 1.82) is 10.5 Å². The van der Waals surface area contributed by atoms with Crippen molar-refractivity contribution < 1.29 is 0 Å². The summed E-state index contributed by atoms with van der Waals surface area (Å²) in [6, 6.07) is 9.76. The normalized spacial score (nSPS) is 13.4. The van der Waals surface area contributed by atoms with Crippen molar-refractivity contribution in [2.24, 2.45) is 0 Å². The second-order valence-corrected chi connectivity index (χ2v) is 4.66. The fourth-order valence-corrected chi connectivity index (χ4v) is 2.55.